The molecule has 0 bridgehead atoms. The Morgan fingerprint density at radius 2 is 2.29 bits per heavy atom. The number of aromatic nitrogens is 4. The summed E-state index contributed by atoms with van der Waals surface area (Å²) in [5.74, 6) is 0.965. The average molecular weight is 356 g/mol. The summed E-state index contributed by atoms with van der Waals surface area (Å²) in [4.78, 5) is 24.8. The van der Waals surface area contributed by atoms with Gasteiger partial charge in [0.15, 0.2) is 0 Å². The molecular formula is C16H12N4O2S2. The van der Waals surface area contributed by atoms with Crippen molar-refractivity contribution in [3.8, 4) is 10.7 Å². The summed E-state index contributed by atoms with van der Waals surface area (Å²) >= 11 is 3.19. The Kier molecular flexibility index (Phi) is 3.14. The minimum atomic E-state index is -0.0183. The molecule has 4 heterocycles. The van der Waals surface area contributed by atoms with Crippen molar-refractivity contribution >= 4 is 32.9 Å². The second-order valence-electron chi connectivity index (χ2n) is 5.70. The molecule has 6 nitrogen and oxygen atoms in total. The Morgan fingerprint density at radius 1 is 1.33 bits per heavy atom. The van der Waals surface area contributed by atoms with E-state index in [9.17, 15) is 4.79 Å². The van der Waals surface area contributed by atoms with Crippen LogP contribution in [0.5, 0.6) is 0 Å². The van der Waals surface area contributed by atoms with Gasteiger partial charge in [-0.15, -0.1) is 22.7 Å². The van der Waals surface area contributed by atoms with Crippen LogP contribution < -0.4 is 5.56 Å². The van der Waals surface area contributed by atoms with Gasteiger partial charge in [0.25, 0.3) is 5.56 Å². The molecule has 8 heteroatoms. The van der Waals surface area contributed by atoms with Crippen LogP contribution in [0.1, 0.15) is 22.8 Å². The Bertz CT molecular complexity index is 1090. The summed E-state index contributed by atoms with van der Waals surface area (Å²) < 4.78 is 6.85. The maximum Gasteiger partial charge on any atom is 0.262 e. The smallest absolute Gasteiger partial charge is 0.262 e. The fourth-order valence-corrected chi connectivity index (χ4v) is 4.97. The standard InChI is InChI=1S/C16H12N4O2S2/c21-16-13-9-3-1-4-10(9)24-15(13)17-8-20(16)7-12-18-14(19-22-12)11-5-2-6-23-11/h2,5-6,8H,1,3-4,7H2. The number of hydrogen-bond donors (Lipinski definition) is 0. The van der Waals surface area contributed by atoms with E-state index in [-0.39, 0.29) is 12.1 Å². The molecule has 5 rings (SSSR count). The van der Waals surface area contributed by atoms with E-state index < -0.39 is 0 Å². The minimum Gasteiger partial charge on any atom is -0.337 e. The van der Waals surface area contributed by atoms with E-state index in [2.05, 4.69) is 15.1 Å². The number of thiophene rings is 2. The zero-order chi connectivity index (χ0) is 16.1. The van der Waals surface area contributed by atoms with Gasteiger partial charge < -0.3 is 4.52 Å². The lowest BCUT2D eigenvalue weighted by Gasteiger charge is -2.02. The third kappa shape index (κ3) is 2.14. The first-order valence-corrected chi connectivity index (χ1v) is 9.35. The number of rotatable bonds is 3. The lowest BCUT2D eigenvalue weighted by atomic mass is 10.2. The van der Waals surface area contributed by atoms with Crippen molar-refractivity contribution < 1.29 is 4.52 Å². The van der Waals surface area contributed by atoms with Crippen LogP contribution in [0.15, 0.2) is 33.2 Å². The Morgan fingerprint density at radius 3 is 3.17 bits per heavy atom. The molecule has 1 aliphatic rings. The SMILES string of the molecule is O=c1c2c3c(sc2ncn1Cc1nc(-c2cccs2)no1)CCC3. The Hall–Kier alpha value is -2.32. The van der Waals surface area contributed by atoms with Crippen molar-refractivity contribution in [2.75, 3.05) is 0 Å². The van der Waals surface area contributed by atoms with Gasteiger partial charge >= 0.3 is 0 Å². The van der Waals surface area contributed by atoms with Crippen LogP contribution in [0, 0.1) is 0 Å². The lowest BCUT2D eigenvalue weighted by molar-refractivity contribution is 0.370. The quantitative estimate of drug-likeness (QED) is 0.564. The first-order valence-electron chi connectivity index (χ1n) is 7.66. The second-order valence-corrected chi connectivity index (χ2v) is 7.74. The van der Waals surface area contributed by atoms with E-state index in [0.717, 1.165) is 34.4 Å². The van der Waals surface area contributed by atoms with Gasteiger partial charge in [-0.2, -0.15) is 4.98 Å². The summed E-state index contributed by atoms with van der Waals surface area (Å²) in [6.07, 6.45) is 4.73. The molecule has 0 N–H and O–H groups in total. The van der Waals surface area contributed by atoms with Crippen LogP contribution in [-0.4, -0.2) is 19.7 Å². The van der Waals surface area contributed by atoms with Gasteiger partial charge in [0.05, 0.1) is 16.6 Å². The summed E-state index contributed by atoms with van der Waals surface area (Å²) in [6.45, 7) is 0.241. The Labute approximate surface area is 144 Å². The molecule has 0 unspecified atom stereocenters. The minimum absolute atomic E-state index is 0.0183. The van der Waals surface area contributed by atoms with Gasteiger partial charge in [-0.25, -0.2) is 4.98 Å². The van der Waals surface area contributed by atoms with Gasteiger partial charge in [0.2, 0.25) is 11.7 Å². The van der Waals surface area contributed by atoms with E-state index in [0.29, 0.717) is 11.7 Å². The predicted molar refractivity (Wildman–Crippen MR) is 92.6 cm³/mol. The fourth-order valence-electron chi connectivity index (χ4n) is 3.10. The fraction of sp³-hybridized carbons (Fsp3) is 0.250. The molecule has 4 aromatic heterocycles. The third-order valence-corrected chi connectivity index (χ3v) is 6.27. The highest BCUT2D eigenvalue weighted by Gasteiger charge is 2.21. The molecule has 0 atom stereocenters. The second kappa shape index (κ2) is 5.35. The van der Waals surface area contributed by atoms with Gasteiger partial charge in [0, 0.05) is 4.88 Å². The predicted octanol–water partition coefficient (Wildman–Crippen LogP) is 3.11. The van der Waals surface area contributed by atoms with Crippen LogP contribution >= 0.6 is 22.7 Å². The van der Waals surface area contributed by atoms with Crippen LogP contribution in [0.2, 0.25) is 0 Å². The van der Waals surface area contributed by atoms with E-state index in [4.69, 9.17) is 4.52 Å². The highest BCUT2D eigenvalue weighted by molar-refractivity contribution is 7.18. The molecule has 0 aromatic carbocycles. The van der Waals surface area contributed by atoms with Crippen LogP contribution in [-0.2, 0) is 19.4 Å². The normalized spacial score (nSPS) is 13.7. The van der Waals surface area contributed by atoms with Crippen LogP contribution in [0.3, 0.4) is 0 Å². The van der Waals surface area contributed by atoms with Crippen molar-refractivity contribution in [2.24, 2.45) is 0 Å². The molecule has 0 spiro atoms. The molecule has 24 heavy (non-hydrogen) atoms. The van der Waals surface area contributed by atoms with Crippen molar-refractivity contribution in [2.45, 2.75) is 25.8 Å². The van der Waals surface area contributed by atoms with Gasteiger partial charge in [-0.1, -0.05) is 11.2 Å². The molecule has 4 aromatic rings. The van der Waals surface area contributed by atoms with E-state index in [1.807, 2.05) is 17.5 Å². The highest BCUT2D eigenvalue weighted by atomic mass is 32.1. The van der Waals surface area contributed by atoms with E-state index in [1.165, 1.54) is 10.4 Å². The van der Waals surface area contributed by atoms with Crippen LogP contribution in [0.4, 0.5) is 0 Å². The van der Waals surface area contributed by atoms with Gasteiger partial charge in [-0.3, -0.25) is 9.36 Å². The molecular weight excluding hydrogens is 344 g/mol. The molecule has 1 aliphatic carbocycles. The molecule has 0 fully saturated rings. The third-order valence-electron chi connectivity index (χ3n) is 4.21. The summed E-state index contributed by atoms with van der Waals surface area (Å²) in [5, 5.41) is 6.72. The summed E-state index contributed by atoms with van der Waals surface area (Å²) in [5.41, 5.74) is 1.17. The zero-order valence-corrected chi connectivity index (χ0v) is 14.2. The molecule has 0 amide bonds. The van der Waals surface area contributed by atoms with Crippen molar-refractivity contribution in [1.82, 2.24) is 19.7 Å². The first-order chi connectivity index (χ1) is 11.8. The molecule has 120 valence electrons. The topological polar surface area (TPSA) is 73.8 Å². The van der Waals surface area contributed by atoms with Gasteiger partial charge in [0.1, 0.15) is 11.4 Å². The largest absolute Gasteiger partial charge is 0.337 e. The number of hydrogen-bond acceptors (Lipinski definition) is 7. The van der Waals surface area contributed by atoms with Crippen molar-refractivity contribution in [3.05, 3.63) is 50.5 Å². The van der Waals surface area contributed by atoms with Crippen LogP contribution in [0.25, 0.3) is 20.9 Å². The molecule has 0 saturated carbocycles. The van der Waals surface area contributed by atoms with E-state index in [1.54, 1.807) is 33.6 Å². The summed E-state index contributed by atoms with van der Waals surface area (Å²) in [6, 6.07) is 3.88. The Balaban J connectivity index is 1.53. The zero-order valence-electron chi connectivity index (χ0n) is 12.6. The van der Waals surface area contributed by atoms with E-state index >= 15 is 0 Å². The number of nitrogens with zero attached hydrogens (tertiary/aromatic N) is 4. The molecule has 0 radical (unpaired) electrons. The number of fused-ring (bicyclic) bond motifs is 3. The maximum atomic E-state index is 12.8. The average Bonchev–Trinajstić information content (AvgIpc) is 3.33. The lowest BCUT2D eigenvalue weighted by Crippen LogP contribution is -2.21. The van der Waals surface area contributed by atoms with Crippen molar-refractivity contribution in [1.29, 1.82) is 0 Å². The van der Waals surface area contributed by atoms with Gasteiger partial charge in [-0.05, 0) is 36.3 Å². The number of aryl methyl sites for hydroxylation is 2. The highest BCUT2D eigenvalue weighted by Crippen LogP contribution is 2.34. The summed E-state index contributed by atoms with van der Waals surface area (Å²) in [7, 11) is 0. The molecule has 0 saturated heterocycles. The molecule has 0 aliphatic heterocycles. The maximum absolute atomic E-state index is 12.8. The monoisotopic (exact) mass is 356 g/mol. The first kappa shape index (κ1) is 14.1. The van der Waals surface area contributed by atoms with Crippen molar-refractivity contribution in [3.63, 3.8) is 0 Å².